The summed E-state index contributed by atoms with van der Waals surface area (Å²) >= 11 is 0. The van der Waals surface area contributed by atoms with E-state index in [0.717, 1.165) is 35.1 Å². The monoisotopic (exact) mass is 424 g/mol. The first-order valence-corrected chi connectivity index (χ1v) is 10.7. The third-order valence-corrected chi connectivity index (χ3v) is 6.92. The maximum Gasteiger partial charge on any atom is 0.223 e. The fraction of sp³-hybridized carbons (Fsp3) is 0.417. The van der Waals surface area contributed by atoms with Crippen molar-refractivity contribution >= 4 is 29.3 Å². The minimum Gasteiger partial charge on any atom is -0.352 e. The Labute approximate surface area is 183 Å². The number of carbonyl (C=O) groups excluding carboxylic acids is 1. The number of hydrogen-bond acceptors (Lipinski definition) is 3. The summed E-state index contributed by atoms with van der Waals surface area (Å²) in [6, 6.07) is 16.7. The van der Waals surface area contributed by atoms with Gasteiger partial charge in [-0.05, 0) is 67.3 Å². The molecule has 2 fully saturated rings. The van der Waals surface area contributed by atoms with Crippen LogP contribution in [0.2, 0.25) is 0 Å². The van der Waals surface area contributed by atoms with E-state index in [0.29, 0.717) is 24.4 Å². The van der Waals surface area contributed by atoms with E-state index in [4.69, 9.17) is 5.73 Å². The predicted molar refractivity (Wildman–Crippen MR) is 122 cm³/mol. The molecule has 1 heterocycles. The van der Waals surface area contributed by atoms with Crippen LogP contribution in [0.25, 0.3) is 16.7 Å². The molecule has 5 rings (SSSR count). The molecule has 5 nitrogen and oxygen atoms in total. The van der Waals surface area contributed by atoms with Gasteiger partial charge in [-0.15, -0.1) is 12.4 Å². The molecule has 0 saturated heterocycles. The van der Waals surface area contributed by atoms with Gasteiger partial charge in [-0.2, -0.15) is 0 Å². The van der Waals surface area contributed by atoms with Crippen molar-refractivity contribution in [1.29, 1.82) is 0 Å². The third-order valence-electron chi connectivity index (χ3n) is 6.92. The molecule has 2 aliphatic carbocycles. The molecule has 2 unspecified atom stereocenters. The highest BCUT2D eigenvalue weighted by molar-refractivity contribution is 5.85. The van der Waals surface area contributed by atoms with E-state index >= 15 is 0 Å². The lowest BCUT2D eigenvalue weighted by Gasteiger charge is -2.43. The number of imidazole rings is 1. The van der Waals surface area contributed by atoms with Crippen molar-refractivity contribution in [3.63, 3.8) is 0 Å². The van der Waals surface area contributed by atoms with Gasteiger partial charge >= 0.3 is 0 Å². The minimum absolute atomic E-state index is 0. The smallest absolute Gasteiger partial charge is 0.223 e. The highest BCUT2D eigenvalue weighted by Crippen LogP contribution is 2.41. The molecule has 1 amide bonds. The number of amides is 1. The summed E-state index contributed by atoms with van der Waals surface area (Å²) in [5, 5.41) is 3.16. The first-order chi connectivity index (χ1) is 14.2. The van der Waals surface area contributed by atoms with E-state index in [1.165, 1.54) is 19.3 Å². The summed E-state index contributed by atoms with van der Waals surface area (Å²) in [6.07, 6.45) is 7.41. The summed E-state index contributed by atoms with van der Waals surface area (Å²) < 4.78 is 2.09. The first-order valence-electron chi connectivity index (χ1n) is 10.7. The molecule has 2 aliphatic rings. The van der Waals surface area contributed by atoms with Crippen LogP contribution in [0.5, 0.6) is 0 Å². The van der Waals surface area contributed by atoms with E-state index in [-0.39, 0.29) is 24.2 Å². The van der Waals surface area contributed by atoms with E-state index in [1.54, 1.807) is 0 Å². The molecule has 0 spiro atoms. The van der Waals surface area contributed by atoms with Gasteiger partial charge in [0.2, 0.25) is 5.91 Å². The lowest BCUT2D eigenvalue weighted by atomic mass is 9.65. The van der Waals surface area contributed by atoms with Crippen molar-refractivity contribution in [2.24, 2.45) is 23.5 Å². The Morgan fingerprint density at radius 2 is 1.77 bits per heavy atom. The van der Waals surface area contributed by atoms with E-state index in [9.17, 15) is 4.79 Å². The largest absolute Gasteiger partial charge is 0.352 e. The van der Waals surface area contributed by atoms with Gasteiger partial charge < -0.3 is 11.1 Å². The van der Waals surface area contributed by atoms with Crippen LogP contribution in [-0.4, -0.2) is 21.5 Å². The second-order valence-electron chi connectivity index (χ2n) is 8.68. The van der Waals surface area contributed by atoms with E-state index < -0.39 is 0 Å². The number of fused-ring (bicyclic) bond motifs is 3. The van der Waals surface area contributed by atoms with Crippen LogP contribution in [0.1, 0.15) is 37.7 Å². The molecule has 0 radical (unpaired) electrons. The Hall–Kier alpha value is -2.37. The average Bonchev–Trinajstić information content (AvgIpc) is 3.16. The van der Waals surface area contributed by atoms with Crippen LogP contribution in [-0.2, 0) is 11.3 Å². The maximum atomic E-state index is 12.7. The molecule has 3 aromatic rings. The number of halogens is 1. The van der Waals surface area contributed by atoms with E-state index in [1.807, 2.05) is 24.5 Å². The SMILES string of the molecule is Cl.NC1C2CCCC1CC(C(=O)NCc1ccc(-n3cnc4ccccc43)cc1)C2. The molecular formula is C24H29ClN4O. The Kier molecular flexibility index (Phi) is 6.11. The number of hydrogen-bond donors (Lipinski definition) is 2. The molecule has 158 valence electrons. The van der Waals surface area contributed by atoms with Gasteiger partial charge in [-0.1, -0.05) is 30.7 Å². The highest BCUT2D eigenvalue weighted by atomic mass is 35.5. The zero-order valence-corrected chi connectivity index (χ0v) is 17.9. The maximum absolute atomic E-state index is 12.7. The Morgan fingerprint density at radius 3 is 2.50 bits per heavy atom. The van der Waals surface area contributed by atoms with Crippen LogP contribution < -0.4 is 11.1 Å². The van der Waals surface area contributed by atoms with Gasteiger partial charge in [0.15, 0.2) is 0 Å². The highest BCUT2D eigenvalue weighted by Gasteiger charge is 2.40. The number of carbonyl (C=O) groups is 1. The normalized spacial score (nSPS) is 25.5. The summed E-state index contributed by atoms with van der Waals surface area (Å²) in [5.41, 5.74) is 10.6. The van der Waals surface area contributed by atoms with Crippen molar-refractivity contribution in [1.82, 2.24) is 14.9 Å². The van der Waals surface area contributed by atoms with Crippen molar-refractivity contribution in [3.05, 3.63) is 60.4 Å². The molecule has 3 N–H and O–H groups in total. The van der Waals surface area contributed by atoms with Crippen molar-refractivity contribution in [2.45, 2.75) is 44.7 Å². The standard InChI is InChI=1S/C24H28N4O.ClH/c25-23-17-4-3-5-18(23)13-19(12-17)24(29)26-14-16-8-10-20(11-9-16)28-15-27-21-6-1-2-7-22(21)28;/h1-2,6-11,15,17-19,23H,3-5,12-14,25H2,(H,26,29);1H. The van der Waals surface area contributed by atoms with Crippen LogP contribution in [0.15, 0.2) is 54.9 Å². The number of nitrogens with two attached hydrogens (primary N) is 1. The molecule has 2 bridgehead atoms. The number of nitrogens with zero attached hydrogens (tertiary/aromatic N) is 2. The summed E-state index contributed by atoms with van der Waals surface area (Å²) in [5.74, 6) is 1.38. The lowest BCUT2D eigenvalue weighted by Crippen LogP contribution is -2.49. The fourth-order valence-electron chi connectivity index (χ4n) is 5.28. The Bertz CT molecular complexity index is 1000. The van der Waals surface area contributed by atoms with E-state index in [2.05, 4.69) is 45.2 Å². The second kappa shape index (κ2) is 8.78. The Balaban J connectivity index is 0.00000218. The number of rotatable bonds is 4. The molecule has 0 aliphatic heterocycles. The fourth-order valence-corrected chi connectivity index (χ4v) is 5.28. The van der Waals surface area contributed by atoms with Crippen molar-refractivity contribution in [2.75, 3.05) is 0 Å². The summed E-state index contributed by atoms with van der Waals surface area (Å²) in [6.45, 7) is 0.571. The number of aromatic nitrogens is 2. The van der Waals surface area contributed by atoms with Crippen LogP contribution >= 0.6 is 12.4 Å². The van der Waals surface area contributed by atoms with Gasteiger partial charge in [-0.25, -0.2) is 4.98 Å². The quantitative estimate of drug-likeness (QED) is 0.658. The molecule has 2 aromatic carbocycles. The topological polar surface area (TPSA) is 72.9 Å². The van der Waals surface area contributed by atoms with Crippen molar-refractivity contribution < 1.29 is 4.79 Å². The number of para-hydroxylation sites is 2. The van der Waals surface area contributed by atoms with Crippen LogP contribution in [0.3, 0.4) is 0 Å². The number of benzene rings is 2. The van der Waals surface area contributed by atoms with Gasteiger partial charge in [-0.3, -0.25) is 9.36 Å². The van der Waals surface area contributed by atoms with Gasteiger partial charge in [0, 0.05) is 24.2 Å². The average molecular weight is 425 g/mol. The van der Waals surface area contributed by atoms with Gasteiger partial charge in [0.1, 0.15) is 6.33 Å². The third kappa shape index (κ3) is 3.96. The zero-order chi connectivity index (χ0) is 19.8. The summed E-state index contributed by atoms with van der Waals surface area (Å²) in [7, 11) is 0. The minimum atomic E-state index is 0. The zero-order valence-electron chi connectivity index (χ0n) is 17.0. The molecule has 2 saturated carbocycles. The van der Waals surface area contributed by atoms with Crippen molar-refractivity contribution in [3.8, 4) is 5.69 Å². The molecule has 30 heavy (non-hydrogen) atoms. The predicted octanol–water partition coefficient (Wildman–Crippen LogP) is 4.22. The van der Waals surface area contributed by atoms with Gasteiger partial charge in [0.25, 0.3) is 0 Å². The van der Waals surface area contributed by atoms with Crippen LogP contribution in [0.4, 0.5) is 0 Å². The molecular weight excluding hydrogens is 396 g/mol. The van der Waals surface area contributed by atoms with Gasteiger partial charge in [0.05, 0.1) is 11.0 Å². The first kappa shape index (κ1) is 20.9. The van der Waals surface area contributed by atoms with Crippen LogP contribution in [0, 0.1) is 17.8 Å². The Morgan fingerprint density at radius 1 is 1.07 bits per heavy atom. The second-order valence-corrected chi connectivity index (χ2v) is 8.68. The summed E-state index contributed by atoms with van der Waals surface area (Å²) in [4.78, 5) is 17.2. The molecule has 1 aromatic heterocycles. The number of nitrogens with one attached hydrogen (secondary N) is 1. The lowest BCUT2D eigenvalue weighted by molar-refractivity contribution is -0.128. The molecule has 2 atom stereocenters. The molecule has 6 heteroatoms.